The summed E-state index contributed by atoms with van der Waals surface area (Å²) in [5.74, 6) is -1.68. The average Bonchev–Trinajstić information content (AvgIpc) is 3.34. The van der Waals surface area contributed by atoms with Gasteiger partial charge in [0.1, 0.15) is 29.5 Å². The largest absolute Gasteiger partial charge is 0.489 e. The molecule has 0 N–H and O–H groups in total. The molecule has 1 aliphatic heterocycles. The lowest BCUT2D eigenvalue weighted by molar-refractivity contribution is 0.0555. The van der Waals surface area contributed by atoms with Crippen LogP contribution in [-0.4, -0.2) is 60.6 Å². The molecule has 7 nitrogen and oxygen atoms in total. The number of aromatic nitrogens is 3. The third-order valence-corrected chi connectivity index (χ3v) is 6.42. The van der Waals surface area contributed by atoms with Gasteiger partial charge in [-0.3, -0.25) is 14.5 Å². The Balaban J connectivity index is 1.45. The molecule has 4 radical (unpaired) electrons. The fourth-order valence-electron chi connectivity index (χ4n) is 4.61. The minimum Gasteiger partial charge on any atom is -0.489 e. The number of halogens is 2. The number of carbonyl (C=O) groups excluding carboxylic acids is 1. The number of pyridine rings is 1. The number of amides is 1. The maximum Gasteiger partial charge on any atom is 0.255 e. The van der Waals surface area contributed by atoms with Gasteiger partial charge in [-0.05, 0) is 61.4 Å². The van der Waals surface area contributed by atoms with E-state index in [1.807, 2.05) is 13.8 Å². The van der Waals surface area contributed by atoms with Crippen molar-refractivity contribution >= 4 is 32.5 Å². The molecule has 0 atom stereocenters. The van der Waals surface area contributed by atoms with E-state index in [0.717, 1.165) is 4.90 Å². The van der Waals surface area contributed by atoms with Crippen LogP contribution < -0.4 is 4.74 Å². The highest BCUT2D eigenvalue weighted by Gasteiger charge is 2.43. The molecule has 0 unspecified atom stereocenters. The smallest absolute Gasteiger partial charge is 0.255 e. The van der Waals surface area contributed by atoms with E-state index in [2.05, 4.69) is 10.1 Å². The Labute approximate surface area is 221 Å². The van der Waals surface area contributed by atoms with Crippen molar-refractivity contribution < 1.29 is 23.0 Å². The van der Waals surface area contributed by atoms with Crippen molar-refractivity contribution in [1.82, 2.24) is 19.7 Å². The summed E-state index contributed by atoms with van der Waals surface area (Å²) < 4.78 is 43.7. The first-order valence-corrected chi connectivity index (χ1v) is 12.1. The van der Waals surface area contributed by atoms with E-state index in [0.29, 0.717) is 41.0 Å². The van der Waals surface area contributed by atoms with Crippen molar-refractivity contribution in [2.45, 2.75) is 31.8 Å². The standard InChI is InChI=1S/C27H24B2F2N4O3/c1-15(2)37-9-10-38-23-7-6-17(19-13-34(3)33-24(19)23)16-11-21(30)20(22(31)12-16)14-35-26(36)18-5-4-8-32-25(18)27(35,28)29/h4-8,11-13,15H,9-10,14H2,1-3H3. The normalized spacial score (nSPS) is 14.5. The fraction of sp³-hybridized carbons (Fsp3) is 0.296. The van der Waals surface area contributed by atoms with E-state index in [4.69, 9.17) is 25.2 Å². The van der Waals surface area contributed by atoms with E-state index >= 15 is 8.78 Å². The number of hydrogen-bond donors (Lipinski definition) is 0. The SMILES string of the molecule is [B]C1([B])c2ncccc2C(=O)N1Cc1c(F)cc(-c2ccc(OCCOC(C)C)c3nn(C)cc23)cc1F. The first-order valence-electron chi connectivity index (χ1n) is 12.1. The van der Waals surface area contributed by atoms with Gasteiger partial charge in [-0.15, -0.1) is 0 Å². The highest BCUT2D eigenvalue weighted by molar-refractivity contribution is 6.42. The predicted molar refractivity (Wildman–Crippen MR) is 140 cm³/mol. The van der Waals surface area contributed by atoms with Crippen molar-refractivity contribution in [2.24, 2.45) is 7.05 Å². The topological polar surface area (TPSA) is 69.5 Å². The monoisotopic (exact) mass is 512 g/mol. The molecule has 0 spiro atoms. The summed E-state index contributed by atoms with van der Waals surface area (Å²) in [6.45, 7) is 4.17. The molecular weight excluding hydrogens is 488 g/mol. The summed E-state index contributed by atoms with van der Waals surface area (Å²) in [5.41, 5.74) is 1.46. The van der Waals surface area contributed by atoms with E-state index < -0.39 is 29.4 Å². The van der Waals surface area contributed by atoms with Crippen LogP contribution in [0.3, 0.4) is 0 Å². The van der Waals surface area contributed by atoms with Gasteiger partial charge in [0, 0.05) is 35.7 Å². The molecular formula is C27H24B2F2N4O3. The summed E-state index contributed by atoms with van der Waals surface area (Å²) in [6, 6.07) is 8.98. The first-order chi connectivity index (χ1) is 18.1. The van der Waals surface area contributed by atoms with Gasteiger partial charge >= 0.3 is 0 Å². The second-order valence-electron chi connectivity index (χ2n) is 9.48. The summed E-state index contributed by atoms with van der Waals surface area (Å²) >= 11 is 0. The zero-order valence-electron chi connectivity index (χ0n) is 21.2. The number of fused-ring (bicyclic) bond motifs is 2. The highest BCUT2D eigenvalue weighted by Crippen LogP contribution is 2.37. The number of rotatable bonds is 8. The molecule has 0 saturated carbocycles. The Hall–Kier alpha value is -3.72. The molecule has 1 amide bonds. The number of ether oxygens (including phenoxy) is 2. The molecule has 190 valence electrons. The van der Waals surface area contributed by atoms with Gasteiger partial charge in [-0.2, -0.15) is 5.10 Å². The van der Waals surface area contributed by atoms with Crippen molar-refractivity contribution in [2.75, 3.05) is 13.2 Å². The maximum absolute atomic E-state index is 15.4. The van der Waals surface area contributed by atoms with Crippen LogP contribution in [0.2, 0.25) is 0 Å². The number of aryl methyl sites for hydroxylation is 1. The van der Waals surface area contributed by atoms with Gasteiger partial charge in [-0.1, -0.05) is 0 Å². The lowest BCUT2D eigenvalue weighted by atomic mass is 9.59. The zero-order valence-corrected chi connectivity index (χ0v) is 21.2. The molecule has 4 aromatic rings. The molecule has 1 aliphatic rings. The van der Waals surface area contributed by atoms with Crippen LogP contribution in [0, 0.1) is 11.6 Å². The molecule has 2 aromatic carbocycles. The van der Waals surface area contributed by atoms with Gasteiger partial charge in [0.05, 0.1) is 46.2 Å². The Bertz CT molecular complexity index is 1520. The minimum absolute atomic E-state index is 0.0883. The Morgan fingerprint density at radius 1 is 1.08 bits per heavy atom. The van der Waals surface area contributed by atoms with Crippen LogP contribution >= 0.6 is 0 Å². The average molecular weight is 512 g/mol. The van der Waals surface area contributed by atoms with Gasteiger partial charge in [-0.25, -0.2) is 8.78 Å². The van der Waals surface area contributed by atoms with E-state index in [1.165, 1.54) is 24.4 Å². The quantitative estimate of drug-likeness (QED) is 0.266. The lowest BCUT2D eigenvalue weighted by Gasteiger charge is -2.33. The first kappa shape index (κ1) is 25.9. The molecule has 3 heterocycles. The summed E-state index contributed by atoms with van der Waals surface area (Å²) in [7, 11) is 14.1. The van der Waals surface area contributed by atoms with Crippen molar-refractivity contribution in [1.29, 1.82) is 0 Å². The third kappa shape index (κ3) is 4.55. The predicted octanol–water partition coefficient (Wildman–Crippen LogP) is 3.82. The summed E-state index contributed by atoms with van der Waals surface area (Å²) in [4.78, 5) is 18.0. The second-order valence-corrected chi connectivity index (χ2v) is 9.48. The summed E-state index contributed by atoms with van der Waals surface area (Å²) in [6.07, 6.45) is 3.30. The second kappa shape index (κ2) is 9.87. The van der Waals surface area contributed by atoms with Gasteiger partial charge < -0.3 is 14.4 Å². The molecule has 0 bridgehead atoms. The zero-order chi connectivity index (χ0) is 27.2. The number of carbonyl (C=O) groups is 1. The molecule has 0 aliphatic carbocycles. The lowest BCUT2D eigenvalue weighted by Crippen LogP contribution is -2.45. The minimum atomic E-state index is -1.80. The van der Waals surface area contributed by atoms with E-state index in [9.17, 15) is 4.79 Å². The van der Waals surface area contributed by atoms with Crippen LogP contribution in [0.5, 0.6) is 5.75 Å². The van der Waals surface area contributed by atoms with Gasteiger partial charge in [0.2, 0.25) is 0 Å². The molecule has 0 saturated heterocycles. The molecule has 11 heteroatoms. The maximum atomic E-state index is 15.4. The van der Waals surface area contributed by atoms with E-state index in [1.54, 1.807) is 36.1 Å². The van der Waals surface area contributed by atoms with Crippen LogP contribution in [0.25, 0.3) is 22.0 Å². The van der Waals surface area contributed by atoms with Gasteiger partial charge in [0.25, 0.3) is 5.91 Å². The van der Waals surface area contributed by atoms with Crippen LogP contribution in [-0.2, 0) is 23.7 Å². The van der Waals surface area contributed by atoms with Crippen LogP contribution in [0.15, 0.2) is 48.8 Å². The summed E-state index contributed by atoms with van der Waals surface area (Å²) in [5, 5.41) is 3.34. The van der Waals surface area contributed by atoms with Crippen molar-refractivity contribution in [3.8, 4) is 16.9 Å². The third-order valence-electron chi connectivity index (χ3n) is 6.42. The molecule has 5 rings (SSSR count). The van der Waals surface area contributed by atoms with Gasteiger partial charge in [0.15, 0.2) is 0 Å². The Kier molecular flexibility index (Phi) is 6.73. The number of benzene rings is 2. The molecule has 38 heavy (non-hydrogen) atoms. The van der Waals surface area contributed by atoms with Crippen LogP contribution in [0.1, 0.15) is 35.5 Å². The number of hydrogen-bond acceptors (Lipinski definition) is 5. The Morgan fingerprint density at radius 2 is 1.82 bits per heavy atom. The van der Waals surface area contributed by atoms with E-state index in [-0.39, 0.29) is 22.9 Å². The number of nitrogens with zero attached hydrogens (tertiary/aromatic N) is 4. The fourth-order valence-corrected chi connectivity index (χ4v) is 4.61. The molecule has 0 fully saturated rings. The molecule has 2 aromatic heterocycles. The highest BCUT2D eigenvalue weighted by atomic mass is 19.1. The Morgan fingerprint density at radius 3 is 2.50 bits per heavy atom. The van der Waals surface area contributed by atoms with Crippen LogP contribution in [0.4, 0.5) is 8.78 Å². The van der Waals surface area contributed by atoms with Crippen molar-refractivity contribution in [3.63, 3.8) is 0 Å². The van der Waals surface area contributed by atoms with Crippen molar-refractivity contribution in [3.05, 3.63) is 77.2 Å².